The van der Waals surface area contributed by atoms with Crippen LogP contribution in [0, 0.1) is 6.92 Å². The fourth-order valence-electron chi connectivity index (χ4n) is 4.43. The van der Waals surface area contributed by atoms with Crippen molar-refractivity contribution in [1.82, 2.24) is 25.3 Å². The summed E-state index contributed by atoms with van der Waals surface area (Å²) in [5, 5.41) is 5.91. The number of hydrogen-bond donors (Lipinski definition) is 2. The molecule has 2 heterocycles. The number of likely N-dealkylation sites (N-methyl/N-ethyl adjacent to an activating group) is 1. The van der Waals surface area contributed by atoms with Gasteiger partial charge >= 0.3 is 18.0 Å². The summed E-state index contributed by atoms with van der Waals surface area (Å²) >= 11 is 0. The van der Waals surface area contributed by atoms with Crippen molar-refractivity contribution in [1.29, 1.82) is 0 Å². The van der Waals surface area contributed by atoms with E-state index in [2.05, 4.69) is 15.5 Å². The normalized spacial score (nSPS) is 21.6. The minimum Gasteiger partial charge on any atom is -0.463 e. The van der Waals surface area contributed by atoms with Crippen LogP contribution >= 0.6 is 0 Å². The molecule has 34 heavy (non-hydrogen) atoms. The first-order valence-corrected chi connectivity index (χ1v) is 11.9. The zero-order valence-electron chi connectivity index (χ0n) is 21.1. The highest BCUT2D eigenvalue weighted by molar-refractivity contribution is 5.95. The Labute approximate surface area is 202 Å². The Balaban J connectivity index is 1.89. The Kier molecular flexibility index (Phi) is 8.19. The molecular formula is C25H37N5O4. The first kappa shape index (κ1) is 25.6. The van der Waals surface area contributed by atoms with E-state index in [1.54, 1.807) is 14.0 Å². The van der Waals surface area contributed by atoms with Crippen LogP contribution in [0.3, 0.4) is 0 Å². The van der Waals surface area contributed by atoms with Gasteiger partial charge in [0.2, 0.25) is 0 Å². The minimum absolute atomic E-state index is 0.00485. The quantitative estimate of drug-likeness (QED) is 0.622. The smallest absolute Gasteiger partial charge is 0.338 e. The molecule has 2 N–H and O–H groups in total. The van der Waals surface area contributed by atoms with Crippen LogP contribution in [0.5, 0.6) is 0 Å². The summed E-state index contributed by atoms with van der Waals surface area (Å²) in [5.41, 5.74) is 3.00. The number of piperazine rings is 1. The molecule has 1 fully saturated rings. The number of nitrogens with zero attached hydrogens (tertiary/aromatic N) is 3. The Hall–Kier alpha value is -3.07. The zero-order chi connectivity index (χ0) is 25.0. The van der Waals surface area contributed by atoms with Crippen LogP contribution in [0.25, 0.3) is 0 Å². The predicted molar refractivity (Wildman–Crippen MR) is 130 cm³/mol. The van der Waals surface area contributed by atoms with Gasteiger partial charge in [-0.1, -0.05) is 29.8 Å². The summed E-state index contributed by atoms with van der Waals surface area (Å²) in [4.78, 5) is 44.0. The van der Waals surface area contributed by atoms with Gasteiger partial charge in [-0.3, -0.25) is 9.80 Å². The molecule has 0 saturated carbocycles. The third kappa shape index (κ3) is 5.70. The van der Waals surface area contributed by atoms with Crippen LogP contribution in [0.15, 0.2) is 35.5 Å². The molecule has 2 aliphatic heterocycles. The molecule has 0 aromatic heterocycles. The molecule has 1 aromatic carbocycles. The fraction of sp³-hybridized carbons (Fsp3) is 0.560. The zero-order valence-corrected chi connectivity index (χ0v) is 21.1. The van der Waals surface area contributed by atoms with Gasteiger partial charge in [0.05, 0.1) is 18.2 Å². The molecule has 0 aliphatic carbocycles. The van der Waals surface area contributed by atoms with E-state index < -0.39 is 12.0 Å². The van der Waals surface area contributed by atoms with Crippen molar-refractivity contribution in [2.45, 2.75) is 52.7 Å². The summed E-state index contributed by atoms with van der Waals surface area (Å²) < 4.78 is 5.41. The molecule has 0 spiro atoms. The summed E-state index contributed by atoms with van der Waals surface area (Å²) in [5.74, 6) is -0.432. The lowest BCUT2D eigenvalue weighted by Gasteiger charge is -2.42. The van der Waals surface area contributed by atoms with Gasteiger partial charge in [-0.05, 0) is 40.2 Å². The van der Waals surface area contributed by atoms with E-state index in [1.807, 2.05) is 56.9 Å². The highest BCUT2D eigenvalue weighted by atomic mass is 16.5. The maximum Gasteiger partial charge on any atom is 0.338 e. The summed E-state index contributed by atoms with van der Waals surface area (Å²) in [6.07, 6.45) is 0. The number of esters is 1. The van der Waals surface area contributed by atoms with Crippen molar-refractivity contribution in [3.8, 4) is 0 Å². The minimum atomic E-state index is -0.589. The number of ether oxygens (including phenoxy) is 1. The van der Waals surface area contributed by atoms with Crippen LogP contribution in [0.1, 0.15) is 44.9 Å². The predicted octanol–water partition coefficient (Wildman–Crippen LogP) is 2.63. The molecule has 9 nitrogen and oxygen atoms in total. The molecule has 2 unspecified atom stereocenters. The van der Waals surface area contributed by atoms with Gasteiger partial charge in [0.1, 0.15) is 0 Å². The highest BCUT2D eigenvalue weighted by Gasteiger charge is 2.38. The lowest BCUT2D eigenvalue weighted by atomic mass is 9.93. The van der Waals surface area contributed by atoms with Crippen LogP contribution in [0.4, 0.5) is 9.59 Å². The lowest BCUT2D eigenvalue weighted by molar-refractivity contribution is -0.139. The van der Waals surface area contributed by atoms with Gasteiger partial charge in [0.15, 0.2) is 0 Å². The van der Waals surface area contributed by atoms with Gasteiger partial charge in [-0.15, -0.1) is 0 Å². The number of carbonyl (C=O) groups is 3. The van der Waals surface area contributed by atoms with E-state index in [-0.39, 0.29) is 30.8 Å². The number of aryl methyl sites for hydroxylation is 1. The van der Waals surface area contributed by atoms with Gasteiger partial charge in [-0.25, -0.2) is 14.4 Å². The van der Waals surface area contributed by atoms with Gasteiger partial charge in [0.25, 0.3) is 0 Å². The van der Waals surface area contributed by atoms with E-state index in [9.17, 15) is 14.4 Å². The maximum absolute atomic E-state index is 13.1. The summed E-state index contributed by atoms with van der Waals surface area (Å²) in [7, 11) is 1.67. The largest absolute Gasteiger partial charge is 0.463 e. The highest BCUT2D eigenvalue weighted by Crippen LogP contribution is 2.32. The number of benzene rings is 1. The number of hydrogen-bond acceptors (Lipinski definition) is 5. The number of urea groups is 2. The maximum atomic E-state index is 13.1. The van der Waals surface area contributed by atoms with E-state index in [0.29, 0.717) is 37.4 Å². The van der Waals surface area contributed by atoms with Gasteiger partial charge in [0, 0.05) is 51.0 Å². The van der Waals surface area contributed by atoms with Crippen LogP contribution in [-0.2, 0) is 9.53 Å². The lowest BCUT2D eigenvalue weighted by Crippen LogP contribution is -2.58. The van der Waals surface area contributed by atoms with E-state index in [0.717, 1.165) is 11.1 Å². The van der Waals surface area contributed by atoms with Crippen molar-refractivity contribution >= 4 is 18.0 Å². The number of carbonyl (C=O) groups excluding carboxylic acids is 3. The Morgan fingerprint density at radius 3 is 2.47 bits per heavy atom. The molecular weight excluding hydrogens is 434 g/mol. The second-order valence-electron chi connectivity index (χ2n) is 9.31. The fourth-order valence-corrected chi connectivity index (χ4v) is 4.43. The number of amides is 4. The molecule has 1 aromatic rings. The van der Waals surface area contributed by atoms with Crippen LogP contribution in [0.2, 0.25) is 0 Å². The summed E-state index contributed by atoms with van der Waals surface area (Å²) in [6, 6.07) is 6.93. The second kappa shape index (κ2) is 10.9. The molecule has 3 rings (SSSR count). The van der Waals surface area contributed by atoms with Crippen molar-refractivity contribution < 1.29 is 19.1 Å². The Bertz CT molecular complexity index is 943. The van der Waals surface area contributed by atoms with E-state index >= 15 is 0 Å². The van der Waals surface area contributed by atoms with E-state index in [1.165, 1.54) is 4.90 Å². The molecule has 9 heteroatoms. The molecule has 186 valence electrons. The summed E-state index contributed by atoms with van der Waals surface area (Å²) in [6.45, 7) is 12.2. The van der Waals surface area contributed by atoms with Crippen molar-refractivity contribution in [3.05, 3.63) is 46.7 Å². The molecule has 0 radical (unpaired) electrons. The third-order valence-electron chi connectivity index (χ3n) is 6.24. The standard InChI is InChI=1S/C25H37N5O4/c1-7-34-23(31)21-20(15-29-12-13-30(18(5)14-29)25(33)26-16(2)3)28(6)24(32)27-22(21)19-10-8-17(4)9-11-19/h8-11,16,18,22H,7,12-15H2,1-6H3,(H,26,33)(H,27,32). The van der Waals surface area contributed by atoms with Crippen LogP contribution < -0.4 is 10.6 Å². The number of nitrogens with one attached hydrogen (secondary N) is 2. The number of rotatable bonds is 6. The Morgan fingerprint density at radius 2 is 1.88 bits per heavy atom. The first-order chi connectivity index (χ1) is 16.1. The average molecular weight is 472 g/mol. The first-order valence-electron chi connectivity index (χ1n) is 11.9. The molecule has 0 bridgehead atoms. The third-order valence-corrected chi connectivity index (χ3v) is 6.24. The van der Waals surface area contributed by atoms with Crippen molar-refractivity contribution in [3.63, 3.8) is 0 Å². The average Bonchev–Trinajstić information content (AvgIpc) is 2.77. The van der Waals surface area contributed by atoms with E-state index in [4.69, 9.17) is 4.74 Å². The molecule has 2 atom stereocenters. The molecule has 2 aliphatic rings. The second-order valence-corrected chi connectivity index (χ2v) is 9.31. The van der Waals surface area contributed by atoms with Crippen molar-refractivity contribution in [2.24, 2.45) is 0 Å². The monoisotopic (exact) mass is 471 g/mol. The molecule has 4 amide bonds. The SMILES string of the molecule is CCOC(=O)C1=C(CN2CCN(C(=O)NC(C)C)C(C)C2)N(C)C(=O)NC1c1ccc(C)cc1. The Morgan fingerprint density at radius 1 is 1.21 bits per heavy atom. The van der Waals surface area contributed by atoms with Gasteiger partial charge < -0.3 is 20.3 Å². The van der Waals surface area contributed by atoms with Gasteiger partial charge in [-0.2, -0.15) is 0 Å². The molecule has 1 saturated heterocycles. The van der Waals surface area contributed by atoms with Crippen LogP contribution in [-0.4, -0.2) is 84.6 Å². The topological polar surface area (TPSA) is 94.2 Å². The van der Waals surface area contributed by atoms with Crippen molar-refractivity contribution in [2.75, 3.05) is 39.8 Å².